The van der Waals surface area contributed by atoms with Crippen LogP contribution in [-0.4, -0.2) is 28.0 Å². The highest BCUT2D eigenvalue weighted by molar-refractivity contribution is 7.92. The Hall–Kier alpha value is -2.97. The van der Waals surface area contributed by atoms with Crippen LogP contribution in [0.15, 0.2) is 59.5 Å². The Labute approximate surface area is 180 Å². The number of benzene rings is 2. The lowest BCUT2D eigenvalue weighted by Gasteiger charge is -2.23. The van der Waals surface area contributed by atoms with Crippen LogP contribution in [0.1, 0.15) is 22.8 Å². The second-order valence-electron chi connectivity index (χ2n) is 7.00. The average molecular weight is 442 g/mol. The van der Waals surface area contributed by atoms with Crippen LogP contribution in [0.4, 0.5) is 5.69 Å². The molecule has 0 aliphatic carbocycles. The van der Waals surface area contributed by atoms with Crippen LogP contribution >= 0.6 is 11.6 Å². The first-order valence-electron chi connectivity index (χ1n) is 9.30. The molecule has 0 aliphatic rings. The minimum absolute atomic E-state index is 0.0420. The molecule has 0 N–H and O–H groups in total. The monoisotopic (exact) mass is 441 g/mol. The molecule has 2 aromatic heterocycles. The number of hydrogen-bond donors (Lipinski definition) is 0. The van der Waals surface area contributed by atoms with Crippen LogP contribution in [0.5, 0.6) is 0 Å². The van der Waals surface area contributed by atoms with Crippen molar-refractivity contribution in [2.24, 2.45) is 0 Å². The Morgan fingerprint density at radius 1 is 0.967 bits per heavy atom. The summed E-state index contributed by atoms with van der Waals surface area (Å²) in [6.45, 7) is 5.48. The number of nitrogens with zero attached hydrogens (tertiary/aromatic N) is 5. The van der Waals surface area contributed by atoms with E-state index >= 15 is 0 Å². The number of sulfonamides is 1. The SMILES string of the molecule is Cc1ccc(S(=O)(=O)N(Cc2nc3nc(C)c(Cl)c(C)n3n2)c2ccccc2)cc1. The van der Waals surface area contributed by atoms with Crippen LogP contribution in [0.2, 0.25) is 5.02 Å². The third kappa shape index (κ3) is 3.64. The highest BCUT2D eigenvalue weighted by Crippen LogP contribution is 2.26. The van der Waals surface area contributed by atoms with Crippen LogP contribution in [0, 0.1) is 20.8 Å². The molecule has 2 aromatic carbocycles. The van der Waals surface area contributed by atoms with Crippen molar-refractivity contribution < 1.29 is 8.42 Å². The Morgan fingerprint density at radius 2 is 1.63 bits per heavy atom. The fraction of sp³-hybridized carbons (Fsp3) is 0.190. The minimum Gasteiger partial charge on any atom is -0.259 e. The van der Waals surface area contributed by atoms with Gasteiger partial charge in [0.05, 0.1) is 33.5 Å². The molecule has 0 saturated carbocycles. The number of hydrogen-bond acceptors (Lipinski definition) is 5. The summed E-state index contributed by atoms with van der Waals surface area (Å²) in [5.41, 5.74) is 2.85. The first-order valence-corrected chi connectivity index (χ1v) is 11.1. The van der Waals surface area contributed by atoms with Gasteiger partial charge in [0.25, 0.3) is 15.8 Å². The molecule has 0 aliphatic heterocycles. The number of aromatic nitrogens is 4. The Balaban J connectivity index is 1.81. The van der Waals surface area contributed by atoms with Crippen LogP contribution < -0.4 is 4.31 Å². The maximum atomic E-state index is 13.5. The predicted molar refractivity (Wildman–Crippen MR) is 116 cm³/mol. The number of fused-ring (bicyclic) bond motifs is 1. The van der Waals surface area contributed by atoms with E-state index < -0.39 is 10.0 Å². The van der Waals surface area contributed by atoms with Gasteiger partial charge in [-0.05, 0) is 45.0 Å². The maximum Gasteiger partial charge on any atom is 0.264 e. The minimum atomic E-state index is -3.84. The van der Waals surface area contributed by atoms with E-state index in [0.717, 1.165) is 5.56 Å². The van der Waals surface area contributed by atoms with Crippen molar-refractivity contribution in [3.63, 3.8) is 0 Å². The summed E-state index contributed by atoms with van der Waals surface area (Å²) >= 11 is 6.28. The highest BCUT2D eigenvalue weighted by Gasteiger charge is 2.27. The molecule has 154 valence electrons. The van der Waals surface area contributed by atoms with Crippen molar-refractivity contribution in [3.05, 3.63) is 82.4 Å². The van der Waals surface area contributed by atoms with E-state index in [-0.39, 0.29) is 11.4 Å². The van der Waals surface area contributed by atoms with Gasteiger partial charge in [0, 0.05) is 0 Å². The molecule has 0 spiro atoms. The van der Waals surface area contributed by atoms with Crippen molar-refractivity contribution >= 4 is 33.1 Å². The van der Waals surface area contributed by atoms with Crippen molar-refractivity contribution in [3.8, 4) is 0 Å². The maximum absolute atomic E-state index is 13.5. The summed E-state index contributed by atoms with van der Waals surface area (Å²) in [5, 5.41) is 4.96. The van der Waals surface area contributed by atoms with Crippen molar-refractivity contribution in [2.45, 2.75) is 32.2 Å². The zero-order valence-corrected chi connectivity index (χ0v) is 18.3. The van der Waals surface area contributed by atoms with E-state index in [1.54, 1.807) is 55.5 Å². The van der Waals surface area contributed by atoms with Crippen LogP contribution in [0.3, 0.4) is 0 Å². The Bertz CT molecular complexity index is 1320. The van der Waals surface area contributed by atoms with E-state index in [1.165, 1.54) is 8.82 Å². The Kier molecular flexibility index (Phi) is 5.21. The molecule has 30 heavy (non-hydrogen) atoms. The summed E-state index contributed by atoms with van der Waals surface area (Å²) in [5.74, 6) is 0.706. The van der Waals surface area contributed by atoms with Crippen molar-refractivity contribution in [1.29, 1.82) is 0 Å². The number of aryl methyl sites for hydroxylation is 3. The van der Waals surface area contributed by atoms with Gasteiger partial charge in [0.1, 0.15) is 0 Å². The van der Waals surface area contributed by atoms with Crippen molar-refractivity contribution in [2.75, 3.05) is 4.31 Å². The van der Waals surface area contributed by atoms with Gasteiger partial charge in [0.2, 0.25) is 0 Å². The normalized spacial score (nSPS) is 11.7. The van der Waals surface area contributed by atoms with E-state index in [4.69, 9.17) is 11.6 Å². The fourth-order valence-corrected chi connectivity index (χ4v) is 4.68. The van der Waals surface area contributed by atoms with Crippen molar-refractivity contribution in [1.82, 2.24) is 19.6 Å². The number of anilines is 1. The summed E-state index contributed by atoms with van der Waals surface area (Å²) in [7, 11) is -3.84. The first kappa shape index (κ1) is 20.3. The molecular weight excluding hydrogens is 422 g/mol. The molecule has 0 fully saturated rings. The molecule has 2 heterocycles. The van der Waals surface area contributed by atoms with E-state index in [9.17, 15) is 8.42 Å². The lowest BCUT2D eigenvalue weighted by Crippen LogP contribution is -2.31. The molecule has 7 nitrogen and oxygen atoms in total. The summed E-state index contributed by atoms with van der Waals surface area (Å²) in [6.07, 6.45) is 0. The molecule has 0 atom stereocenters. The third-order valence-corrected chi connectivity index (χ3v) is 7.13. The van der Waals surface area contributed by atoms with E-state index in [1.807, 2.05) is 19.9 Å². The summed E-state index contributed by atoms with van der Waals surface area (Å²) < 4.78 is 29.8. The van der Waals surface area contributed by atoms with Gasteiger partial charge >= 0.3 is 0 Å². The van der Waals surface area contributed by atoms with Gasteiger partial charge in [-0.3, -0.25) is 4.31 Å². The van der Waals surface area contributed by atoms with Gasteiger partial charge in [-0.15, -0.1) is 5.10 Å². The Morgan fingerprint density at radius 3 is 2.30 bits per heavy atom. The standard InChI is InChI=1S/C21H20ClN5O2S/c1-14-9-11-18(12-10-14)30(28,29)26(17-7-5-4-6-8-17)13-19-24-21-23-15(2)20(22)16(3)27(21)25-19/h4-12H,13H2,1-3H3. The second-order valence-corrected chi connectivity index (χ2v) is 9.24. The smallest absolute Gasteiger partial charge is 0.259 e. The third-order valence-electron chi connectivity index (χ3n) is 4.79. The quantitative estimate of drug-likeness (QED) is 0.465. The molecular formula is C21H20ClN5O2S. The molecule has 4 aromatic rings. The van der Waals surface area contributed by atoms with Gasteiger partial charge in [-0.25, -0.2) is 13.4 Å². The van der Waals surface area contributed by atoms with Gasteiger partial charge in [-0.2, -0.15) is 9.50 Å². The number of halogens is 1. The first-order chi connectivity index (χ1) is 14.3. The van der Waals surface area contributed by atoms with Gasteiger partial charge in [-0.1, -0.05) is 47.5 Å². The van der Waals surface area contributed by atoms with Gasteiger partial charge < -0.3 is 0 Å². The van der Waals surface area contributed by atoms with Crippen LogP contribution in [-0.2, 0) is 16.6 Å². The van der Waals surface area contributed by atoms with Gasteiger partial charge in [0.15, 0.2) is 5.82 Å². The van der Waals surface area contributed by atoms with E-state index in [2.05, 4.69) is 15.1 Å². The molecule has 9 heteroatoms. The summed E-state index contributed by atoms with van der Waals surface area (Å²) in [6, 6.07) is 15.7. The van der Waals surface area contributed by atoms with Crippen LogP contribution in [0.25, 0.3) is 5.78 Å². The second kappa shape index (κ2) is 7.70. The average Bonchev–Trinajstić information content (AvgIpc) is 3.14. The summed E-state index contributed by atoms with van der Waals surface area (Å²) in [4.78, 5) is 9.00. The lowest BCUT2D eigenvalue weighted by atomic mass is 10.2. The lowest BCUT2D eigenvalue weighted by molar-refractivity contribution is 0.589. The highest BCUT2D eigenvalue weighted by atomic mass is 35.5. The zero-order valence-electron chi connectivity index (χ0n) is 16.7. The molecule has 4 rings (SSSR count). The largest absolute Gasteiger partial charge is 0.264 e. The zero-order chi connectivity index (χ0) is 21.5. The topological polar surface area (TPSA) is 80.5 Å². The fourth-order valence-electron chi connectivity index (χ4n) is 3.14. The predicted octanol–water partition coefficient (Wildman–Crippen LogP) is 4.10. The molecule has 0 amide bonds. The number of para-hydroxylation sites is 1. The number of rotatable bonds is 5. The molecule has 0 saturated heterocycles. The molecule has 0 unspecified atom stereocenters. The van der Waals surface area contributed by atoms with E-state index in [0.29, 0.717) is 33.7 Å². The molecule has 0 bridgehead atoms. The molecule has 0 radical (unpaired) electrons.